The maximum Gasteiger partial charge on any atom is 0.340 e. The molecule has 0 aromatic heterocycles. The summed E-state index contributed by atoms with van der Waals surface area (Å²) in [4.78, 5) is 38.9. The van der Waals surface area contributed by atoms with Crippen molar-refractivity contribution in [3.63, 3.8) is 0 Å². The summed E-state index contributed by atoms with van der Waals surface area (Å²) >= 11 is 0. The van der Waals surface area contributed by atoms with E-state index in [4.69, 9.17) is 14.2 Å². The van der Waals surface area contributed by atoms with Gasteiger partial charge in [-0.1, -0.05) is 12.1 Å². The lowest BCUT2D eigenvalue weighted by molar-refractivity contribution is -0.122. The van der Waals surface area contributed by atoms with Crippen molar-refractivity contribution < 1.29 is 28.6 Å². The van der Waals surface area contributed by atoms with Gasteiger partial charge in [0.1, 0.15) is 0 Å². The highest BCUT2D eigenvalue weighted by Gasteiger charge is 2.36. The molecule has 1 saturated heterocycles. The van der Waals surface area contributed by atoms with Crippen molar-refractivity contribution in [2.24, 2.45) is 5.92 Å². The first kappa shape index (κ1) is 18.8. The summed E-state index contributed by atoms with van der Waals surface area (Å²) in [7, 11) is 0. The van der Waals surface area contributed by atoms with Crippen molar-refractivity contribution in [1.82, 2.24) is 0 Å². The Balaban J connectivity index is 1.47. The van der Waals surface area contributed by atoms with E-state index in [-0.39, 0.29) is 43.7 Å². The van der Waals surface area contributed by atoms with Crippen LogP contribution in [0.15, 0.2) is 42.5 Å². The molecule has 2 aliphatic rings. The summed E-state index contributed by atoms with van der Waals surface area (Å²) in [6, 6.07) is 11.9. The fraction of sp³-hybridized carbons (Fsp3) is 0.286. The third-order valence-electron chi connectivity index (χ3n) is 4.84. The number of carbonyl (C=O) groups is 3. The summed E-state index contributed by atoms with van der Waals surface area (Å²) in [5.74, 6) is -0.311. The molecule has 8 nitrogen and oxygen atoms in total. The van der Waals surface area contributed by atoms with Gasteiger partial charge in [0.05, 0.1) is 23.8 Å². The Morgan fingerprint density at radius 3 is 2.79 bits per heavy atom. The molecule has 2 heterocycles. The van der Waals surface area contributed by atoms with Crippen molar-refractivity contribution in [2.75, 3.05) is 30.2 Å². The van der Waals surface area contributed by atoms with Crippen LogP contribution in [-0.4, -0.2) is 37.7 Å². The van der Waals surface area contributed by atoms with E-state index in [2.05, 4.69) is 5.32 Å². The average molecular weight is 396 g/mol. The van der Waals surface area contributed by atoms with E-state index in [0.29, 0.717) is 22.9 Å². The molecule has 0 aliphatic carbocycles. The van der Waals surface area contributed by atoms with Gasteiger partial charge in [-0.25, -0.2) is 4.79 Å². The predicted octanol–water partition coefficient (Wildman–Crippen LogP) is 2.58. The number of fused-ring (bicyclic) bond motifs is 1. The van der Waals surface area contributed by atoms with E-state index in [1.807, 2.05) is 0 Å². The fourth-order valence-electron chi connectivity index (χ4n) is 3.40. The molecule has 1 fully saturated rings. The Labute approximate surface area is 167 Å². The molecular formula is C21H20N2O6. The number of carbonyl (C=O) groups excluding carboxylic acids is 3. The lowest BCUT2D eigenvalue weighted by Crippen LogP contribution is -2.28. The smallest absolute Gasteiger partial charge is 0.340 e. The van der Waals surface area contributed by atoms with E-state index in [1.165, 1.54) is 0 Å². The first-order valence-corrected chi connectivity index (χ1v) is 9.34. The van der Waals surface area contributed by atoms with Gasteiger partial charge in [0.2, 0.25) is 18.6 Å². The van der Waals surface area contributed by atoms with Crippen molar-refractivity contribution in [1.29, 1.82) is 0 Å². The molecule has 1 unspecified atom stereocenters. The number of hydrogen-bond acceptors (Lipinski definition) is 6. The van der Waals surface area contributed by atoms with Crippen LogP contribution in [0.3, 0.4) is 0 Å². The zero-order valence-electron chi connectivity index (χ0n) is 15.8. The van der Waals surface area contributed by atoms with Gasteiger partial charge in [0.15, 0.2) is 11.5 Å². The van der Waals surface area contributed by atoms with Crippen LogP contribution in [0.25, 0.3) is 0 Å². The molecule has 1 atom stereocenters. The second-order valence-corrected chi connectivity index (χ2v) is 6.70. The van der Waals surface area contributed by atoms with Crippen LogP contribution in [0.2, 0.25) is 0 Å². The number of nitrogens with one attached hydrogen (secondary N) is 1. The van der Waals surface area contributed by atoms with Gasteiger partial charge in [0.25, 0.3) is 0 Å². The van der Waals surface area contributed by atoms with Crippen molar-refractivity contribution in [2.45, 2.75) is 13.3 Å². The molecule has 0 saturated carbocycles. The molecule has 4 rings (SSSR count). The average Bonchev–Trinajstić information content (AvgIpc) is 3.34. The third kappa shape index (κ3) is 3.73. The first-order valence-electron chi connectivity index (χ1n) is 9.34. The van der Waals surface area contributed by atoms with Crippen molar-refractivity contribution in [3.8, 4) is 11.5 Å². The SMILES string of the molecule is CCOC(=O)c1ccccc1NC(=O)C1CC(=O)N(c2ccc3c(c2)OCO3)C1. The lowest BCUT2D eigenvalue weighted by Gasteiger charge is -2.17. The highest BCUT2D eigenvalue weighted by atomic mass is 16.7. The third-order valence-corrected chi connectivity index (χ3v) is 4.84. The normalized spacial score (nSPS) is 17.3. The van der Waals surface area contributed by atoms with Gasteiger partial charge < -0.3 is 24.4 Å². The van der Waals surface area contributed by atoms with Gasteiger partial charge in [-0.05, 0) is 31.2 Å². The summed E-state index contributed by atoms with van der Waals surface area (Å²) in [5.41, 5.74) is 1.30. The van der Waals surface area contributed by atoms with Gasteiger partial charge >= 0.3 is 5.97 Å². The predicted molar refractivity (Wildman–Crippen MR) is 104 cm³/mol. The van der Waals surface area contributed by atoms with E-state index in [0.717, 1.165) is 0 Å². The minimum atomic E-state index is -0.539. The molecule has 29 heavy (non-hydrogen) atoms. The fourth-order valence-corrected chi connectivity index (χ4v) is 3.40. The number of para-hydroxylation sites is 1. The van der Waals surface area contributed by atoms with Crippen LogP contribution in [0.4, 0.5) is 11.4 Å². The topological polar surface area (TPSA) is 94.2 Å². The molecule has 8 heteroatoms. The highest BCUT2D eigenvalue weighted by Crippen LogP contribution is 2.37. The molecule has 0 bridgehead atoms. The number of anilines is 2. The molecule has 2 amide bonds. The van der Waals surface area contributed by atoms with Crippen LogP contribution in [-0.2, 0) is 14.3 Å². The van der Waals surface area contributed by atoms with E-state index in [9.17, 15) is 14.4 Å². The number of nitrogens with zero attached hydrogens (tertiary/aromatic N) is 1. The zero-order valence-corrected chi connectivity index (χ0v) is 15.8. The first-order chi connectivity index (χ1) is 14.1. The van der Waals surface area contributed by atoms with Gasteiger partial charge in [0, 0.05) is 24.7 Å². The van der Waals surface area contributed by atoms with Crippen LogP contribution >= 0.6 is 0 Å². The Kier molecular flexibility index (Phi) is 5.07. The molecule has 2 aromatic carbocycles. The molecular weight excluding hydrogens is 376 g/mol. The summed E-state index contributed by atoms with van der Waals surface area (Å²) in [6.45, 7) is 2.35. The maximum atomic E-state index is 12.8. The molecule has 2 aromatic rings. The Bertz CT molecular complexity index is 973. The number of esters is 1. The second-order valence-electron chi connectivity index (χ2n) is 6.70. The number of ether oxygens (including phenoxy) is 3. The van der Waals surface area contributed by atoms with E-state index in [1.54, 1.807) is 54.3 Å². The second kappa shape index (κ2) is 7.83. The minimum Gasteiger partial charge on any atom is -0.462 e. The number of hydrogen-bond donors (Lipinski definition) is 1. The summed E-state index contributed by atoms with van der Waals surface area (Å²) in [5, 5.41) is 2.76. The largest absolute Gasteiger partial charge is 0.462 e. The molecule has 2 aliphatic heterocycles. The minimum absolute atomic E-state index is 0.0852. The van der Waals surface area contributed by atoms with Crippen molar-refractivity contribution in [3.05, 3.63) is 48.0 Å². The summed E-state index contributed by atoms with van der Waals surface area (Å²) in [6.07, 6.45) is 0.0852. The molecule has 1 N–H and O–H groups in total. The molecule has 0 radical (unpaired) electrons. The molecule has 150 valence electrons. The van der Waals surface area contributed by atoms with Crippen LogP contribution in [0.5, 0.6) is 11.5 Å². The van der Waals surface area contributed by atoms with E-state index < -0.39 is 11.9 Å². The standard InChI is InChI=1S/C21H20N2O6/c1-2-27-21(26)15-5-3-4-6-16(15)22-20(25)13-9-19(24)23(11-13)14-7-8-17-18(10-14)29-12-28-17/h3-8,10,13H,2,9,11-12H2,1H3,(H,22,25). The van der Waals surface area contributed by atoms with Gasteiger partial charge in [-0.2, -0.15) is 0 Å². The van der Waals surface area contributed by atoms with Gasteiger partial charge in [-0.3, -0.25) is 9.59 Å². The van der Waals surface area contributed by atoms with E-state index >= 15 is 0 Å². The quantitative estimate of drug-likeness (QED) is 0.781. The Hall–Kier alpha value is -3.55. The number of benzene rings is 2. The maximum absolute atomic E-state index is 12.8. The van der Waals surface area contributed by atoms with Crippen LogP contribution < -0.4 is 19.7 Å². The van der Waals surface area contributed by atoms with Gasteiger partial charge in [-0.15, -0.1) is 0 Å². The number of amides is 2. The highest BCUT2D eigenvalue weighted by molar-refractivity contribution is 6.06. The summed E-state index contributed by atoms with van der Waals surface area (Å²) < 4.78 is 15.7. The monoisotopic (exact) mass is 396 g/mol. The Morgan fingerprint density at radius 2 is 1.97 bits per heavy atom. The number of rotatable bonds is 5. The lowest BCUT2D eigenvalue weighted by atomic mass is 10.1. The molecule has 0 spiro atoms. The zero-order chi connectivity index (χ0) is 20.4. The van der Waals surface area contributed by atoms with Crippen LogP contribution in [0, 0.1) is 5.92 Å². The van der Waals surface area contributed by atoms with Crippen molar-refractivity contribution >= 4 is 29.2 Å². The van der Waals surface area contributed by atoms with Crippen LogP contribution in [0.1, 0.15) is 23.7 Å². The Morgan fingerprint density at radius 1 is 1.17 bits per heavy atom.